The van der Waals surface area contributed by atoms with Crippen LogP contribution in [0.1, 0.15) is 6.42 Å². The van der Waals surface area contributed by atoms with Gasteiger partial charge in [0.25, 0.3) is 11.6 Å². The number of nitro groups is 1. The van der Waals surface area contributed by atoms with Crippen molar-refractivity contribution < 1.29 is 19.2 Å². The summed E-state index contributed by atoms with van der Waals surface area (Å²) in [6.07, 6.45) is 0.0588. The number of primary amides is 1. The topological polar surface area (TPSA) is 125 Å². The molecule has 19 heavy (non-hydrogen) atoms. The zero-order valence-electron chi connectivity index (χ0n) is 10.00. The number of rotatable bonds is 7. The van der Waals surface area contributed by atoms with Gasteiger partial charge in [-0.25, -0.2) is 0 Å². The van der Waals surface area contributed by atoms with Crippen LogP contribution in [0, 0.1) is 10.1 Å². The molecule has 8 nitrogen and oxygen atoms in total. The molecule has 2 amide bonds. The van der Waals surface area contributed by atoms with Crippen LogP contribution >= 0.6 is 0 Å². The van der Waals surface area contributed by atoms with Crippen LogP contribution in [0.3, 0.4) is 0 Å². The highest BCUT2D eigenvalue weighted by atomic mass is 16.6. The lowest BCUT2D eigenvalue weighted by atomic mass is 10.3. The Hall–Kier alpha value is -2.64. The summed E-state index contributed by atoms with van der Waals surface area (Å²) in [4.78, 5) is 31.6. The summed E-state index contributed by atoms with van der Waals surface area (Å²) in [5, 5.41) is 12.9. The predicted molar refractivity (Wildman–Crippen MR) is 65.4 cm³/mol. The van der Waals surface area contributed by atoms with E-state index in [9.17, 15) is 19.7 Å². The van der Waals surface area contributed by atoms with E-state index in [-0.39, 0.29) is 25.3 Å². The van der Waals surface area contributed by atoms with E-state index < -0.39 is 16.7 Å². The van der Waals surface area contributed by atoms with Gasteiger partial charge in [-0.15, -0.1) is 0 Å². The van der Waals surface area contributed by atoms with Gasteiger partial charge >= 0.3 is 0 Å². The van der Waals surface area contributed by atoms with Crippen LogP contribution in [-0.2, 0) is 9.59 Å². The number of nitro benzene ring substituents is 1. The van der Waals surface area contributed by atoms with Crippen molar-refractivity contribution in [3.05, 3.63) is 34.4 Å². The Morgan fingerprint density at radius 2 is 1.95 bits per heavy atom. The van der Waals surface area contributed by atoms with E-state index in [2.05, 4.69) is 5.32 Å². The average molecular weight is 267 g/mol. The fraction of sp³-hybridized carbons (Fsp3) is 0.273. The lowest BCUT2D eigenvalue weighted by Gasteiger charge is -2.06. The number of carbonyl (C=O) groups excluding carboxylic acids is 2. The number of ether oxygens (including phenoxy) is 1. The number of hydrogen-bond acceptors (Lipinski definition) is 5. The molecule has 3 N–H and O–H groups in total. The summed E-state index contributed by atoms with van der Waals surface area (Å²) < 4.78 is 5.11. The Labute approximate surface area is 108 Å². The highest BCUT2D eigenvalue weighted by Crippen LogP contribution is 2.16. The van der Waals surface area contributed by atoms with Gasteiger partial charge < -0.3 is 15.8 Å². The highest BCUT2D eigenvalue weighted by molar-refractivity contribution is 5.79. The molecule has 8 heteroatoms. The van der Waals surface area contributed by atoms with Crippen molar-refractivity contribution in [3.8, 4) is 5.75 Å². The zero-order chi connectivity index (χ0) is 14.3. The molecule has 102 valence electrons. The largest absolute Gasteiger partial charge is 0.484 e. The molecule has 0 saturated carbocycles. The first-order valence-corrected chi connectivity index (χ1v) is 5.41. The number of benzene rings is 1. The molecule has 0 bridgehead atoms. The van der Waals surface area contributed by atoms with Crippen LogP contribution in [0.5, 0.6) is 5.75 Å². The van der Waals surface area contributed by atoms with Gasteiger partial charge in [0, 0.05) is 25.1 Å². The van der Waals surface area contributed by atoms with Gasteiger partial charge in [-0.1, -0.05) is 0 Å². The maximum atomic E-state index is 11.3. The summed E-state index contributed by atoms with van der Waals surface area (Å²) in [5.41, 5.74) is 4.85. The van der Waals surface area contributed by atoms with Gasteiger partial charge in [0.2, 0.25) is 5.91 Å². The normalized spacial score (nSPS) is 9.68. The third-order valence-corrected chi connectivity index (χ3v) is 2.11. The van der Waals surface area contributed by atoms with Crippen LogP contribution in [0.15, 0.2) is 24.3 Å². The molecule has 1 rings (SSSR count). The lowest BCUT2D eigenvalue weighted by molar-refractivity contribution is -0.384. The van der Waals surface area contributed by atoms with Crippen molar-refractivity contribution in [2.45, 2.75) is 6.42 Å². The van der Waals surface area contributed by atoms with Crippen molar-refractivity contribution in [2.75, 3.05) is 13.2 Å². The molecular weight excluding hydrogens is 254 g/mol. The number of carbonyl (C=O) groups is 2. The Kier molecular flexibility index (Phi) is 5.27. The monoisotopic (exact) mass is 267 g/mol. The Balaban J connectivity index is 2.33. The summed E-state index contributed by atoms with van der Waals surface area (Å²) in [6.45, 7) is -0.0889. The predicted octanol–water partition coefficient (Wildman–Crippen LogP) is -0.0348. The van der Waals surface area contributed by atoms with Gasteiger partial charge in [0.15, 0.2) is 6.61 Å². The van der Waals surface area contributed by atoms with E-state index in [1.807, 2.05) is 0 Å². The van der Waals surface area contributed by atoms with Crippen LogP contribution in [0.4, 0.5) is 5.69 Å². The first-order chi connectivity index (χ1) is 8.99. The minimum atomic E-state index is -0.527. The van der Waals surface area contributed by atoms with Crippen LogP contribution < -0.4 is 15.8 Å². The third kappa shape index (κ3) is 5.48. The second kappa shape index (κ2) is 6.94. The molecule has 0 fully saturated rings. The van der Waals surface area contributed by atoms with Crippen molar-refractivity contribution in [1.82, 2.24) is 5.32 Å². The van der Waals surface area contributed by atoms with Gasteiger partial charge in [0.1, 0.15) is 5.75 Å². The maximum Gasteiger partial charge on any atom is 0.269 e. The second-order valence-electron chi connectivity index (χ2n) is 3.61. The Morgan fingerprint density at radius 3 is 2.47 bits per heavy atom. The van der Waals surface area contributed by atoms with Gasteiger partial charge in [0.05, 0.1) is 4.92 Å². The minimum absolute atomic E-state index is 0.0572. The molecule has 0 aliphatic rings. The lowest BCUT2D eigenvalue weighted by Crippen LogP contribution is -2.31. The Morgan fingerprint density at radius 1 is 1.32 bits per heavy atom. The van der Waals surface area contributed by atoms with Crippen molar-refractivity contribution in [3.63, 3.8) is 0 Å². The molecule has 0 heterocycles. The minimum Gasteiger partial charge on any atom is -0.484 e. The SMILES string of the molecule is NC(=O)CCNC(=O)COc1ccc([N+](=O)[O-])cc1. The molecule has 0 aliphatic carbocycles. The quantitative estimate of drug-likeness (QED) is 0.530. The molecule has 0 aromatic heterocycles. The molecule has 0 spiro atoms. The van der Waals surface area contributed by atoms with E-state index in [1.165, 1.54) is 24.3 Å². The number of nitrogens with two attached hydrogens (primary N) is 1. The van der Waals surface area contributed by atoms with Crippen LogP contribution in [-0.4, -0.2) is 29.9 Å². The molecule has 0 unspecified atom stereocenters. The van der Waals surface area contributed by atoms with E-state index >= 15 is 0 Å². The third-order valence-electron chi connectivity index (χ3n) is 2.11. The first-order valence-electron chi connectivity index (χ1n) is 5.41. The van der Waals surface area contributed by atoms with E-state index in [4.69, 9.17) is 10.5 Å². The number of nitrogens with zero attached hydrogens (tertiary/aromatic N) is 1. The van der Waals surface area contributed by atoms with E-state index in [0.29, 0.717) is 5.75 Å². The Bertz CT molecular complexity index is 472. The van der Waals surface area contributed by atoms with Crippen molar-refractivity contribution >= 4 is 17.5 Å². The van der Waals surface area contributed by atoms with Crippen LogP contribution in [0.25, 0.3) is 0 Å². The maximum absolute atomic E-state index is 11.3. The summed E-state index contributed by atoms with van der Waals surface area (Å²) in [7, 11) is 0. The molecule has 0 radical (unpaired) electrons. The van der Waals surface area contributed by atoms with Crippen molar-refractivity contribution in [2.24, 2.45) is 5.73 Å². The average Bonchev–Trinajstić information content (AvgIpc) is 2.36. The second-order valence-corrected chi connectivity index (χ2v) is 3.61. The first kappa shape index (κ1) is 14.4. The fourth-order valence-electron chi connectivity index (χ4n) is 1.19. The van der Waals surface area contributed by atoms with Gasteiger partial charge in [-0.3, -0.25) is 19.7 Å². The molecule has 0 aliphatic heterocycles. The van der Waals surface area contributed by atoms with Crippen molar-refractivity contribution in [1.29, 1.82) is 0 Å². The van der Waals surface area contributed by atoms with Gasteiger partial charge in [-0.05, 0) is 12.1 Å². The number of nitrogens with one attached hydrogen (secondary N) is 1. The summed E-state index contributed by atoms with van der Waals surface area (Å²) >= 11 is 0. The van der Waals surface area contributed by atoms with Gasteiger partial charge in [-0.2, -0.15) is 0 Å². The molecular formula is C11H13N3O5. The summed E-state index contributed by atoms with van der Waals surface area (Å²) in [6, 6.07) is 5.35. The molecule has 1 aromatic rings. The summed E-state index contributed by atoms with van der Waals surface area (Å²) in [5.74, 6) is -0.563. The van der Waals surface area contributed by atoms with Crippen LogP contribution in [0.2, 0.25) is 0 Å². The highest BCUT2D eigenvalue weighted by Gasteiger charge is 2.06. The number of hydrogen-bond donors (Lipinski definition) is 2. The standard InChI is InChI=1S/C11H13N3O5/c12-10(15)5-6-13-11(16)7-19-9-3-1-8(2-4-9)14(17)18/h1-4H,5-7H2,(H2,12,15)(H,13,16). The number of non-ortho nitro benzene ring substituents is 1. The molecule has 1 aromatic carbocycles. The smallest absolute Gasteiger partial charge is 0.269 e. The molecule has 0 atom stereocenters. The fourth-order valence-corrected chi connectivity index (χ4v) is 1.19. The van der Waals surface area contributed by atoms with E-state index in [1.54, 1.807) is 0 Å². The zero-order valence-corrected chi connectivity index (χ0v) is 10.00. The molecule has 0 saturated heterocycles. The van der Waals surface area contributed by atoms with E-state index in [0.717, 1.165) is 0 Å². The number of amides is 2.